The molecule has 32 heavy (non-hydrogen) atoms. The Balaban J connectivity index is 1.49. The summed E-state index contributed by atoms with van der Waals surface area (Å²) < 4.78 is 5.29. The third-order valence-electron chi connectivity index (χ3n) is 5.41. The molecule has 0 saturated carbocycles. The molecule has 0 fully saturated rings. The topological polar surface area (TPSA) is 76.8 Å². The van der Waals surface area contributed by atoms with Crippen molar-refractivity contribution < 1.29 is 4.79 Å². The normalized spacial score (nSPS) is 11.9. The number of carbonyl (C=O) groups is 1. The van der Waals surface area contributed by atoms with Crippen LogP contribution in [0.1, 0.15) is 17.7 Å². The van der Waals surface area contributed by atoms with Crippen LogP contribution in [0.25, 0.3) is 10.9 Å². The van der Waals surface area contributed by atoms with Crippen LogP contribution in [0.4, 0.5) is 0 Å². The van der Waals surface area contributed by atoms with E-state index in [1.165, 1.54) is 11.9 Å². The summed E-state index contributed by atoms with van der Waals surface area (Å²) in [5.41, 5.74) is 2.74. The van der Waals surface area contributed by atoms with Crippen molar-refractivity contribution in [2.45, 2.75) is 30.4 Å². The zero-order chi connectivity index (χ0) is 22.3. The van der Waals surface area contributed by atoms with E-state index in [9.17, 15) is 10.1 Å². The van der Waals surface area contributed by atoms with Gasteiger partial charge in [-0.15, -0.1) is 0 Å². The van der Waals surface area contributed by atoms with Gasteiger partial charge in [0.15, 0.2) is 0 Å². The van der Waals surface area contributed by atoms with Crippen molar-refractivity contribution in [3.8, 4) is 6.07 Å². The smallest absolute Gasteiger partial charge is 0.240 e. The maximum Gasteiger partial charge on any atom is 0.240 e. The Morgan fingerprint density at radius 2 is 2.00 bits per heavy atom. The average molecular weight is 444 g/mol. The molecule has 2 aromatic heterocycles. The number of aryl methyl sites for hydroxylation is 1. The quantitative estimate of drug-likeness (QED) is 0.372. The summed E-state index contributed by atoms with van der Waals surface area (Å²) in [4.78, 5) is 19.4. The lowest BCUT2D eigenvalue weighted by atomic mass is 10.1. The van der Waals surface area contributed by atoms with E-state index in [4.69, 9.17) is 0 Å². The molecule has 0 aliphatic heterocycles. The number of nitrogens with one attached hydrogen (secondary N) is 2. The molecule has 4 aromatic rings. The molecule has 0 spiro atoms. The first-order chi connectivity index (χ1) is 15.7. The van der Waals surface area contributed by atoms with Crippen LogP contribution in [0.15, 0.2) is 84.0 Å². The molecule has 6 nitrogen and oxygen atoms in total. The van der Waals surface area contributed by atoms with E-state index in [0.717, 1.165) is 21.4 Å². The van der Waals surface area contributed by atoms with Crippen molar-refractivity contribution in [3.63, 3.8) is 0 Å². The van der Waals surface area contributed by atoms with E-state index in [0.29, 0.717) is 25.2 Å². The lowest BCUT2D eigenvalue weighted by Crippen LogP contribution is -2.43. The van der Waals surface area contributed by atoms with Crippen molar-refractivity contribution in [2.24, 2.45) is 0 Å². The van der Waals surface area contributed by atoms with Gasteiger partial charge < -0.3 is 14.5 Å². The number of carbonyl (C=O) groups excluding carboxylic acids is 1. The Bertz CT molecular complexity index is 1220. The fraction of sp³-hybridized carbons (Fsp3) is 0.200. The SMILES string of the molecule is CN(Cc1ccccc1)C(=O)C(CCn1cccc1C#N)NSc1cccc2[nH]ccc12. The minimum absolute atomic E-state index is 0.0215. The highest BCUT2D eigenvalue weighted by Crippen LogP contribution is 2.26. The van der Waals surface area contributed by atoms with Crippen LogP contribution in [0.3, 0.4) is 0 Å². The lowest BCUT2D eigenvalue weighted by molar-refractivity contribution is -0.132. The summed E-state index contributed by atoms with van der Waals surface area (Å²) in [7, 11) is 1.83. The number of benzene rings is 2. The zero-order valence-electron chi connectivity index (χ0n) is 17.9. The Labute approximate surface area is 192 Å². The molecule has 4 rings (SSSR count). The number of H-pyrrole nitrogens is 1. The summed E-state index contributed by atoms with van der Waals surface area (Å²) in [5.74, 6) is 0.0215. The summed E-state index contributed by atoms with van der Waals surface area (Å²) in [6.45, 7) is 1.12. The number of nitriles is 1. The number of nitrogens with zero attached hydrogens (tertiary/aromatic N) is 3. The van der Waals surface area contributed by atoms with Gasteiger partial charge in [-0.1, -0.05) is 36.4 Å². The number of likely N-dealkylation sites (N-methyl/N-ethyl adjacent to an activating group) is 1. The molecule has 1 atom stereocenters. The molecular formula is C25H25N5OS. The molecule has 1 amide bonds. The third kappa shape index (κ3) is 5.05. The summed E-state index contributed by atoms with van der Waals surface area (Å²) in [6.07, 6.45) is 4.36. The fourth-order valence-electron chi connectivity index (χ4n) is 3.69. The Morgan fingerprint density at radius 1 is 1.16 bits per heavy atom. The van der Waals surface area contributed by atoms with E-state index in [1.807, 2.05) is 84.7 Å². The third-order valence-corrected chi connectivity index (χ3v) is 6.38. The van der Waals surface area contributed by atoms with Crippen LogP contribution in [0.2, 0.25) is 0 Å². The number of hydrogen-bond donors (Lipinski definition) is 2. The van der Waals surface area contributed by atoms with Crippen molar-refractivity contribution in [1.82, 2.24) is 19.2 Å². The van der Waals surface area contributed by atoms with Gasteiger partial charge in [-0.25, -0.2) is 4.72 Å². The highest BCUT2D eigenvalue weighted by atomic mass is 32.2. The first kappa shape index (κ1) is 21.8. The molecule has 162 valence electrons. The minimum atomic E-state index is -0.406. The summed E-state index contributed by atoms with van der Waals surface area (Å²) >= 11 is 1.47. The van der Waals surface area contributed by atoms with E-state index < -0.39 is 6.04 Å². The first-order valence-electron chi connectivity index (χ1n) is 10.5. The number of rotatable bonds is 9. The largest absolute Gasteiger partial charge is 0.361 e. The van der Waals surface area contributed by atoms with E-state index >= 15 is 0 Å². The molecule has 2 aromatic carbocycles. The second-order valence-electron chi connectivity index (χ2n) is 7.63. The fourth-order valence-corrected chi connectivity index (χ4v) is 4.62. The van der Waals surface area contributed by atoms with Crippen molar-refractivity contribution in [1.29, 1.82) is 5.26 Å². The molecule has 0 bridgehead atoms. The summed E-state index contributed by atoms with van der Waals surface area (Å²) in [5, 5.41) is 10.4. The standard InChI is InChI=1S/C25H25N5OS/c1-29(18-19-7-3-2-4-8-19)25(31)23(13-16-30-15-6-9-20(30)17-26)28-32-24-11-5-10-22-21(24)12-14-27-22/h2-12,14-15,23,27-28H,13,16,18H2,1H3. The Hall–Kier alpha value is -3.47. The second kappa shape index (κ2) is 10.2. The van der Waals surface area contributed by atoms with Gasteiger partial charge in [-0.2, -0.15) is 5.26 Å². The van der Waals surface area contributed by atoms with Crippen LogP contribution in [0.5, 0.6) is 0 Å². The van der Waals surface area contributed by atoms with E-state index in [2.05, 4.69) is 15.8 Å². The van der Waals surface area contributed by atoms with E-state index in [1.54, 1.807) is 11.0 Å². The second-order valence-corrected chi connectivity index (χ2v) is 8.51. The van der Waals surface area contributed by atoms with Crippen LogP contribution < -0.4 is 4.72 Å². The van der Waals surface area contributed by atoms with Crippen molar-refractivity contribution in [2.75, 3.05) is 7.05 Å². The lowest BCUT2D eigenvalue weighted by Gasteiger charge is -2.25. The van der Waals surface area contributed by atoms with Gasteiger partial charge in [-0.05, 0) is 54.3 Å². The number of hydrogen-bond acceptors (Lipinski definition) is 4. The molecular weight excluding hydrogens is 418 g/mol. The molecule has 0 aliphatic carbocycles. The molecule has 2 N–H and O–H groups in total. The molecule has 0 aliphatic rings. The van der Waals surface area contributed by atoms with Crippen LogP contribution >= 0.6 is 11.9 Å². The van der Waals surface area contributed by atoms with Gasteiger partial charge in [0.25, 0.3) is 0 Å². The molecule has 0 radical (unpaired) electrons. The Morgan fingerprint density at radius 3 is 2.81 bits per heavy atom. The van der Waals surface area contributed by atoms with Crippen LogP contribution in [0, 0.1) is 11.3 Å². The molecule has 1 unspecified atom stereocenters. The van der Waals surface area contributed by atoms with Gasteiger partial charge in [0.1, 0.15) is 11.8 Å². The minimum Gasteiger partial charge on any atom is -0.361 e. The van der Waals surface area contributed by atoms with Gasteiger partial charge >= 0.3 is 0 Å². The van der Waals surface area contributed by atoms with Gasteiger partial charge in [0, 0.05) is 48.3 Å². The Kier molecular flexibility index (Phi) is 6.95. The zero-order valence-corrected chi connectivity index (χ0v) is 18.7. The molecule has 0 saturated heterocycles. The maximum absolute atomic E-state index is 13.4. The highest BCUT2D eigenvalue weighted by molar-refractivity contribution is 7.97. The predicted octanol–water partition coefficient (Wildman–Crippen LogP) is 4.56. The first-order valence-corrected chi connectivity index (χ1v) is 11.3. The molecule has 7 heteroatoms. The summed E-state index contributed by atoms with van der Waals surface area (Å²) in [6, 6.07) is 23.5. The number of aromatic amines is 1. The van der Waals surface area contributed by atoms with Gasteiger partial charge in [0.05, 0.1) is 6.04 Å². The van der Waals surface area contributed by atoms with E-state index in [-0.39, 0.29) is 5.91 Å². The average Bonchev–Trinajstić information content (AvgIpc) is 3.48. The maximum atomic E-state index is 13.4. The van der Waals surface area contributed by atoms with Gasteiger partial charge in [-0.3, -0.25) is 4.79 Å². The van der Waals surface area contributed by atoms with Gasteiger partial charge in [0.2, 0.25) is 5.91 Å². The molecule has 2 heterocycles. The number of fused-ring (bicyclic) bond motifs is 1. The van der Waals surface area contributed by atoms with Crippen molar-refractivity contribution in [3.05, 3.63) is 90.4 Å². The van der Waals surface area contributed by atoms with Crippen molar-refractivity contribution >= 4 is 28.8 Å². The van der Waals surface area contributed by atoms with Crippen LogP contribution in [-0.4, -0.2) is 33.4 Å². The number of aromatic nitrogens is 2. The highest BCUT2D eigenvalue weighted by Gasteiger charge is 2.23. The number of amides is 1. The monoisotopic (exact) mass is 443 g/mol. The predicted molar refractivity (Wildman–Crippen MR) is 128 cm³/mol. The van der Waals surface area contributed by atoms with Crippen LogP contribution in [-0.2, 0) is 17.9 Å².